The van der Waals surface area contributed by atoms with E-state index in [-0.39, 0.29) is 113 Å². The molecule has 0 aromatic rings. The number of halogens is 6. The Hall–Kier alpha value is 0.900. The lowest BCUT2D eigenvalue weighted by Gasteiger charge is -2.08. The van der Waals surface area contributed by atoms with Crippen LogP contribution in [0.4, 0.5) is 0 Å². The van der Waals surface area contributed by atoms with E-state index >= 15 is 0 Å². The molecule has 0 rings (SSSR count). The van der Waals surface area contributed by atoms with Crippen LogP contribution in [0.1, 0.15) is 77.6 Å². The number of hydrogen-bond acceptors (Lipinski definition) is 6. The molecule has 0 heterocycles. The van der Waals surface area contributed by atoms with Crippen molar-refractivity contribution in [3.8, 4) is 0 Å². The van der Waals surface area contributed by atoms with Gasteiger partial charge in [-0.15, -0.1) is 102 Å². The summed E-state index contributed by atoms with van der Waals surface area (Å²) in [4.78, 5) is 0. The van der Waals surface area contributed by atoms with Gasteiger partial charge in [0.2, 0.25) is 0 Å². The first kappa shape index (κ1) is 48.4. The third kappa shape index (κ3) is 23.6. The fraction of sp³-hybridized carbons (Fsp3) is 0.667. The predicted molar refractivity (Wildman–Crippen MR) is 166 cm³/mol. The number of nitrogens with one attached hydrogen (secondary N) is 6. The highest BCUT2D eigenvalue weighted by molar-refractivity contribution is 8.93. The highest BCUT2D eigenvalue weighted by atomic mass is 79.9. The SMILES string of the molecule is Br.Br.Br.Br.Br.Br.CCCCCCCCCCCCC(=N)C(=N)C(=N)C(=N)C(=N)C=N. The summed E-state index contributed by atoms with van der Waals surface area (Å²) < 4.78 is 0. The Bertz CT molecular complexity index is 500. The van der Waals surface area contributed by atoms with Crippen LogP contribution in [0, 0.1) is 32.5 Å². The van der Waals surface area contributed by atoms with Gasteiger partial charge >= 0.3 is 0 Å². The molecule has 182 valence electrons. The molecule has 0 fully saturated rings. The van der Waals surface area contributed by atoms with Gasteiger partial charge in [0.15, 0.2) is 0 Å². The normalized spacial score (nSPS) is 8.17. The van der Waals surface area contributed by atoms with Crippen molar-refractivity contribution in [1.29, 1.82) is 32.5 Å². The van der Waals surface area contributed by atoms with Crippen LogP contribution in [0.3, 0.4) is 0 Å². The summed E-state index contributed by atoms with van der Waals surface area (Å²) in [6, 6.07) is 0. The Morgan fingerprint density at radius 2 is 0.900 bits per heavy atom. The lowest BCUT2D eigenvalue weighted by molar-refractivity contribution is 0.559. The largest absolute Gasteiger partial charge is 0.306 e. The molecule has 0 radical (unpaired) electrons. The second-order valence-corrected chi connectivity index (χ2v) is 6.09. The van der Waals surface area contributed by atoms with Gasteiger partial charge < -0.3 is 10.8 Å². The fourth-order valence-electron chi connectivity index (χ4n) is 2.40. The predicted octanol–water partition coefficient (Wildman–Crippen LogP) is 8.51. The van der Waals surface area contributed by atoms with Gasteiger partial charge in [0.25, 0.3) is 0 Å². The minimum Gasteiger partial charge on any atom is -0.306 e. The van der Waals surface area contributed by atoms with Crippen molar-refractivity contribution < 1.29 is 0 Å². The maximum atomic E-state index is 7.84. The Labute approximate surface area is 244 Å². The van der Waals surface area contributed by atoms with Crippen molar-refractivity contribution >= 4 is 137 Å². The van der Waals surface area contributed by atoms with Crippen molar-refractivity contribution in [2.24, 2.45) is 0 Å². The van der Waals surface area contributed by atoms with Gasteiger partial charge in [0.1, 0.15) is 17.1 Å². The van der Waals surface area contributed by atoms with E-state index in [0.717, 1.165) is 19.3 Å². The molecule has 0 aliphatic carbocycles. The molecule has 0 saturated carbocycles. The van der Waals surface area contributed by atoms with Crippen LogP contribution in [-0.2, 0) is 0 Å². The summed E-state index contributed by atoms with van der Waals surface area (Å²) in [7, 11) is 0. The maximum Gasteiger partial charge on any atom is 0.108 e. The first-order chi connectivity index (χ1) is 11.5. The van der Waals surface area contributed by atoms with E-state index in [1.165, 1.54) is 44.9 Å². The molecule has 30 heavy (non-hydrogen) atoms. The van der Waals surface area contributed by atoms with Gasteiger partial charge in [0, 0.05) is 6.21 Å². The van der Waals surface area contributed by atoms with Crippen molar-refractivity contribution in [1.82, 2.24) is 0 Å². The molecule has 0 aliphatic heterocycles. The smallest absolute Gasteiger partial charge is 0.108 e. The summed E-state index contributed by atoms with van der Waals surface area (Å²) in [5, 5.41) is 45.0. The minimum absolute atomic E-state index is 0. The van der Waals surface area contributed by atoms with E-state index in [1.54, 1.807) is 0 Å². The Balaban J connectivity index is -0.000000176. The first-order valence-corrected chi connectivity index (χ1v) is 8.89. The van der Waals surface area contributed by atoms with E-state index in [1.807, 2.05) is 0 Å². The molecule has 0 aromatic carbocycles. The zero-order valence-corrected chi connectivity index (χ0v) is 27.6. The molecule has 0 unspecified atom stereocenters. The second-order valence-electron chi connectivity index (χ2n) is 6.09. The van der Waals surface area contributed by atoms with Gasteiger partial charge in [0.05, 0.1) is 11.4 Å². The van der Waals surface area contributed by atoms with Crippen LogP contribution < -0.4 is 0 Å². The molecular formula is C18H38Br6N6. The zero-order valence-electron chi connectivity index (χ0n) is 17.3. The van der Waals surface area contributed by atoms with Crippen molar-refractivity contribution in [3.05, 3.63) is 0 Å². The lowest BCUT2D eigenvalue weighted by Crippen LogP contribution is -2.33. The van der Waals surface area contributed by atoms with Gasteiger partial charge in [-0.05, 0) is 12.8 Å². The van der Waals surface area contributed by atoms with E-state index in [0.29, 0.717) is 12.6 Å². The van der Waals surface area contributed by atoms with E-state index in [2.05, 4.69) is 6.92 Å². The molecule has 0 aliphatic rings. The molecule has 0 saturated heterocycles. The van der Waals surface area contributed by atoms with E-state index in [9.17, 15) is 0 Å². The summed E-state index contributed by atoms with van der Waals surface area (Å²) in [6.07, 6.45) is 13.2. The van der Waals surface area contributed by atoms with Crippen LogP contribution in [0.5, 0.6) is 0 Å². The minimum atomic E-state index is -0.470. The molecule has 6 N–H and O–H groups in total. The average molecular weight is 818 g/mol. The van der Waals surface area contributed by atoms with Crippen LogP contribution in [0.25, 0.3) is 0 Å². The van der Waals surface area contributed by atoms with Crippen LogP contribution in [-0.4, -0.2) is 34.8 Å². The molecule has 0 bridgehead atoms. The molecule has 0 amide bonds. The molecule has 0 atom stereocenters. The van der Waals surface area contributed by atoms with E-state index < -0.39 is 17.1 Å². The second kappa shape index (κ2) is 32.1. The van der Waals surface area contributed by atoms with Crippen molar-refractivity contribution in [2.45, 2.75) is 77.6 Å². The number of rotatable bonds is 16. The Kier molecular flexibility index (Phi) is 51.7. The first-order valence-electron chi connectivity index (χ1n) is 8.89. The summed E-state index contributed by atoms with van der Waals surface area (Å²) in [5.74, 6) is 0. The average Bonchev–Trinajstić information content (AvgIpc) is 2.60. The van der Waals surface area contributed by atoms with Crippen molar-refractivity contribution in [3.63, 3.8) is 0 Å². The standard InChI is InChI=1S/C18H32N6.6BrH/c1-2-3-4-5-6-7-8-9-10-11-12-14(20)16(22)18(24)17(23)15(21)13-19;;;;;;/h13,19-24H,2-12H2,1H3;6*1H. The topological polar surface area (TPSA) is 143 Å². The number of unbranched alkanes of at least 4 members (excludes halogenated alkanes) is 9. The van der Waals surface area contributed by atoms with Gasteiger partial charge in [-0.1, -0.05) is 64.7 Å². The quantitative estimate of drug-likeness (QED) is 0.0657. The van der Waals surface area contributed by atoms with Crippen LogP contribution in [0.15, 0.2) is 0 Å². The number of hydrogen-bond donors (Lipinski definition) is 6. The van der Waals surface area contributed by atoms with E-state index in [4.69, 9.17) is 32.5 Å². The summed E-state index contributed by atoms with van der Waals surface area (Å²) in [6.45, 7) is 2.22. The third-order valence-corrected chi connectivity index (χ3v) is 4.00. The van der Waals surface area contributed by atoms with Gasteiger partial charge in [-0.25, -0.2) is 0 Å². The van der Waals surface area contributed by atoms with Crippen LogP contribution >= 0.6 is 102 Å². The fourth-order valence-corrected chi connectivity index (χ4v) is 2.40. The molecule has 6 nitrogen and oxygen atoms in total. The Morgan fingerprint density at radius 1 is 0.533 bits per heavy atom. The lowest BCUT2D eigenvalue weighted by atomic mass is 9.99. The Morgan fingerprint density at radius 3 is 1.27 bits per heavy atom. The molecule has 0 aromatic heterocycles. The van der Waals surface area contributed by atoms with Gasteiger partial charge in [-0.2, -0.15) is 0 Å². The summed E-state index contributed by atoms with van der Waals surface area (Å²) >= 11 is 0. The highest BCUT2D eigenvalue weighted by Crippen LogP contribution is 2.11. The monoisotopic (exact) mass is 812 g/mol. The van der Waals surface area contributed by atoms with Crippen LogP contribution in [0.2, 0.25) is 0 Å². The maximum absolute atomic E-state index is 7.84. The highest BCUT2D eigenvalue weighted by Gasteiger charge is 2.17. The molecule has 0 spiro atoms. The van der Waals surface area contributed by atoms with Gasteiger partial charge in [-0.3, -0.25) is 21.6 Å². The zero-order chi connectivity index (χ0) is 18.4. The molecular weight excluding hydrogens is 780 g/mol. The summed E-state index contributed by atoms with van der Waals surface area (Å²) in [5.41, 5.74) is -1.58. The van der Waals surface area contributed by atoms with Crippen molar-refractivity contribution in [2.75, 3.05) is 0 Å². The molecule has 12 heteroatoms. The third-order valence-electron chi connectivity index (χ3n) is 4.00.